The minimum Gasteiger partial charge on any atom is -0.320 e. The Balaban J connectivity index is 2.06. The maximum absolute atomic E-state index is 13.6. The number of carbonyl (C=O) groups excluding carboxylic acids is 1. The van der Waals surface area contributed by atoms with Crippen LogP contribution in [-0.2, 0) is 6.42 Å². The van der Waals surface area contributed by atoms with Crippen molar-refractivity contribution in [3.63, 3.8) is 0 Å². The van der Waals surface area contributed by atoms with Crippen LogP contribution in [0.1, 0.15) is 35.1 Å². The fraction of sp³-hybridized carbons (Fsp3) is 0.222. The fourth-order valence-corrected chi connectivity index (χ4v) is 2.80. The topological polar surface area (TPSA) is 46.4 Å². The maximum atomic E-state index is 13.6. The van der Waals surface area contributed by atoms with Gasteiger partial charge >= 0.3 is 0 Å². The number of nitrogens with one attached hydrogen (secondary N) is 1. The number of pyridine rings is 1. The average molecular weight is 346 g/mol. The number of amides is 1. The van der Waals surface area contributed by atoms with Crippen LogP contribution < -0.4 is 5.32 Å². The molecule has 24 heavy (non-hydrogen) atoms. The first-order valence-corrected chi connectivity index (χ1v) is 8.11. The van der Waals surface area contributed by atoms with Crippen molar-refractivity contribution in [1.82, 2.24) is 9.38 Å². The Kier molecular flexibility index (Phi) is 4.53. The van der Waals surface area contributed by atoms with E-state index in [2.05, 4.69) is 10.3 Å². The molecule has 1 aromatic carbocycles. The Hall–Kier alpha value is -2.40. The van der Waals surface area contributed by atoms with Gasteiger partial charge in [-0.2, -0.15) is 0 Å². The van der Waals surface area contributed by atoms with E-state index in [0.717, 1.165) is 12.0 Å². The summed E-state index contributed by atoms with van der Waals surface area (Å²) in [4.78, 5) is 17.3. The summed E-state index contributed by atoms with van der Waals surface area (Å²) in [5.41, 5.74) is 3.07. The van der Waals surface area contributed by atoms with Crippen LogP contribution in [0.25, 0.3) is 5.65 Å². The monoisotopic (exact) mass is 345 g/mol. The standard InChI is InChI=1S/C18H17ClFN3O/c1-3-4-14-17(23-10-13(20)7-8-16(23)21-14)18(24)22-15-9-12(19)6-5-11(15)2/h5-10H,3-4H2,1-2H3,(H,22,24). The summed E-state index contributed by atoms with van der Waals surface area (Å²) in [5, 5.41) is 3.39. The molecular weight excluding hydrogens is 329 g/mol. The molecule has 124 valence electrons. The SMILES string of the molecule is CCCc1nc2ccc(F)cn2c1C(=O)Nc1cc(Cl)ccc1C. The molecule has 0 atom stereocenters. The molecule has 0 aliphatic carbocycles. The second-order valence-corrected chi connectivity index (χ2v) is 6.08. The Bertz CT molecular complexity index is 920. The van der Waals surface area contributed by atoms with Crippen LogP contribution in [0, 0.1) is 12.7 Å². The van der Waals surface area contributed by atoms with E-state index < -0.39 is 5.82 Å². The van der Waals surface area contributed by atoms with Gasteiger partial charge in [0.15, 0.2) is 0 Å². The molecule has 0 saturated heterocycles. The summed E-state index contributed by atoms with van der Waals surface area (Å²) in [6.07, 6.45) is 2.75. The third kappa shape index (κ3) is 3.12. The summed E-state index contributed by atoms with van der Waals surface area (Å²) in [6.45, 7) is 3.89. The highest BCUT2D eigenvalue weighted by molar-refractivity contribution is 6.31. The van der Waals surface area contributed by atoms with Crippen molar-refractivity contribution in [1.29, 1.82) is 0 Å². The number of fused-ring (bicyclic) bond motifs is 1. The number of anilines is 1. The molecular formula is C18H17ClFN3O. The highest BCUT2D eigenvalue weighted by Gasteiger charge is 2.20. The highest BCUT2D eigenvalue weighted by Crippen LogP contribution is 2.22. The molecule has 0 bridgehead atoms. The molecule has 1 N–H and O–H groups in total. The molecule has 1 amide bonds. The zero-order valence-corrected chi connectivity index (χ0v) is 14.2. The summed E-state index contributed by atoms with van der Waals surface area (Å²) in [5.74, 6) is -0.752. The van der Waals surface area contributed by atoms with Crippen molar-refractivity contribution in [2.75, 3.05) is 5.32 Å². The van der Waals surface area contributed by atoms with Gasteiger partial charge in [-0.05, 0) is 43.2 Å². The zero-order chi connectivity index (χ0) is 17.3. The maximum Gasteiger partial charge on any atom is 0.274 e. The van der Waals surface area contributed by atoms with Crippen molar-refractivity contribution < 1.29 is 9.18 Å². The van der Waals surface area contributed by atoms with Crippen LogP contribution in [0.5, 0.6) is 0 Å². The van der Waals surface area contributed by atoms with Crippen LogP contribution >= 0.6 is 11.6 Å². The summed E-state index contributed by atoms with van der Waals surface area (Å²) in [6, 6.07) is 8.19. The normalized spacial score (nSPS) is 11.0. The van der Waals surface area contributed by atoms with E-state index in [0.29, 0.717) is 34.2 Å². The van der Waals surface area contributed by atoms with Crippen LogP contribution in [0.2, 0.25) is 5.02 Å². The van der Waals surface area contributed by atoms with Crippen LogP contribution in [0.3, 0.4) is 0 Å². The van der Waals surface area contributed by atoms with E-state index in [1.807, 2.05) is 19.9 Å². The quantitative estimate of drug-likeness (QED) is 0.748. The number of nitrogens with zero attached hydrogens (tertiary/aromatic N) is 2. The lowest BCUT2D eigenvalue weighted by atomic mass is 10.1. The number of halogens is 2. The predicted molar refractivity (Wildman–Crippen MR) is 93.3 cm³/mol. The van der Waals surface area contributed by atoms with Gasteiger partial charge in [-0.3, -0.25) is 9.20 Å². The number of imidazole rings is 1. The van der Waals surface area contributed by atoms with Crippen LogP contribution in [0.4, 0.5) is 10.1 Å². The Morgan fingerprint density at radius 3 is 2.88 bits per heavy atom. The molecule has 0 spiro atoms. The third-order valence-electron chi connectivity index (χ3n) is 3.80. The van der Waals surface area contributed by atoms with Crippen molar-refractivity contribution >= 4 is 28.8 Å². The van der Waals surface area contributed by atoms with E-state index in [-0.39, 0.29) is 5.91 Å². The molecule has 0 aliphatic rings. The average Bonchev–Trinajstić information content (AvgIpc) is 2.88. The number of hydrogen-bond acceptors (Lipinski definition) is 2. The van der Waals surface area contributed by atoms with Crippen molar-refractivity contribution in [3.8, 4) is 0 Å². The van der Waals surface area contributed by atoms with Gasteiger partial charge in [0.1, 0.15) is 17.2 Å². The molecule has 4 nitrogen and oxygen atoms in total. The summed E-state index contributed by atoms with van der Waals surface area (Å²) in [7, 11) is 0. The van der Waals surface area contributed by atoms with Gasteiger partial charge < -0.3 is 5.32 Å². The minimum atomic E-state index is -0.420. The van der Waals surface area contributed by atoms with E-state index in [9.17, 15) is 9.18 Å². The van der Waals surface area contributed by atoms with Gasteiger partial charge in [0.05, 0.1) is 5.69 Å². The molecule has 3 aromatic rings. The lowest BCUT2D eigenvalue weighted by Crippen LogP contribution is -2.17. The number of rotatable bonds is 4. The number of aromatic nitrogens is 2. The van der Waals surface area contributed by atoms with Gasteiger partial charge in [-0.1, -0.05) is 31.0 Å². The summed E-state index contributed by atoms with van der Waals surface area (Å²) < 4.78 is 15.1. The first-order valence-electron chi connectivity index (χ1n) is 7.73. The number of aryl methyl sites for hydroxylation is 2. The van der Waals surface area contributed by atoms with Gasteiger partial charge in [0.2, 0.25) is 0 Å². The molecule has 6 heteroatoms. The highest BCUT2D eigenvalue weighted by atomic mass is 35.5. The van der Waals surface area contributed by atoms with E-state index >= 15 is 0 Å². The fourth-order valence-electron chi connectivity index (χ4n) is 2.63. The lowest BCUT2D eigenvalue weighted by Gasteiger charge is -2.10. The van der Waals surface area contributed by atoms with Crippen molar-refractivity contribution in [2.24, 2.45) is 0 Å². The van der Waals surface area contributed by atoms with Crippen LogP contribution in [0.15, 0.2) is 36.5 Å². The van der Waals surface area contributed by atoms with Crippen molar-refractivity contribution in [2.45, 2.75) is 26.7 Å². The van der Waals surface area contributed by atoms with Crippen molar-refractivity contribution in [3.05, 3.63) is 64.3 Å². The second-order valence-electron chi connectivity index (χ2n) is 5.65. The molecule has 0 aliphatic heterocycles. The van der Waals surface area contributed by atoms with Gasteiger partial charge in [0.25, 0.3) is 5.91 Å². The summed E-state index contributed by atoms with van der Waals surface area (Å²) >= 11 is 6.00. The lowest BCUT2D eigenvalue weighted by molar-refractivity contribution is 0.102. The molecule has 2 heterocycles. The molecule has 0 radical (unpaired) electrons. The number of carbonyl (C=O) groups is 1. The number of hydrogen-bond donors (Lipinski definition) is 1. The van der Waals surface area contributed by atoms with Gasteiger partial charge in [0, 0.05) is 16.9 Å². The number of benzene rings is 1. The molecule has 2 aromatic heterocycles. The van der Waals surface area contributed by atoms with E-state index in [4.69, 9.17) is 11.6 Å². The minimum absolute atomic E-state index is 0.332. The molecule has 0 saturated carbocycles. The van der Waals surface area contributed by atoms with E-state index in [1.54, 1.807) is 18.2 Å². The zero-order valence-electron chi connectivity index (χ0n) is 13.4. The molecule has 0 unspecified atom stereocenters. The Morgan fingerprint density at radius 2 is 2.12 bits per heavy atom. The molecule has 3 rings (SSSR count). The third-order valence-corrected chi connectivity index (χ3v) is 4.04. The van der Waals surface area contributed by atoms with Crippen LogP contribution in [-0.4, -0.2) is 15.3 Å². The Morgan fingerprint density at radius 1 is 1.33 bits per heavy atom. The van der Waals surface area contributed by atoms with Gasteiger partial charge in [-0.15, -0.1) is 0 Å². The first kappa shape index (κ1) is 16.5. The van der Waals surface area contributed by atoms with E-state index in [1.165, 1.54) is 16.7 Å². The first-order chi connectivity index (χ1) is 11.5. The second kappa shape index (κ2) is 6.61. The Labute approximate surface area is 144 Å². The van der Waals surface area contributed by atoms with Gasteiger partial charge in [-0.25, -0.2) is 9.37 Å². The predicted octanol–water partition coefficient (Wildman–Crippen LogP) is 4.64. The largest absolute Gasteiger partial charge is 0.320 e. The molecule has 0 fully saturated rings. The smallest absolute Gasteiger partial charge is 0.274 e.